The zero-order valence-corrected chi connectivity index (χ0v) is 16.8. The molecule has 3 rings (SSSR count). The van der Waals surface area contributed by atoms with E-state index in [2.05, 4.69) is 5.32 Å². The molecule has 0 saturated carbocycles. The van der Waals surface area contributed by atoms with E-state index in [0.29, 0.717) is 17.1 Å². The Balaban J connectivity index is 1.89. The predicted octanol–water partition coefficient (Wildman–Crippen LogP) is 5.14. The van der Waals surface area contributed by atoms with Crippen LogP contribution in [0.3, 0.4) is 0 Å². The fourth-order valence-corrected chi connectivity index (χ4v) is 3.14. The molecule has 29 heavy (non-hydrogen) atoms. The predicted molar refractivity (Wildman–Crippen MR) is 114 cm³/mol. The number of ketones is 1. The second-order valence-corrected chi connectivity index (χ2v) is 6.53. The van der Waals surface area contributed by atoms with Gasteiger partial charge in [-0.3, -0.25) is 4.79 Å². The third kappa shape index (κ3) is 5.08. The number of carbonyl (C=O) groups is 1. The Morgan fingerprint density at radius 2 is 1.52 bits per heavy atom. The van der Waals surface area contributed by atoms with E-state index in [1.165, 1.54) is 0 Å². The molecule has 0 aromatic heterocycles. The highest BCUT2D eigenvalue weighted by Crippen LogP contribution is 2.33. The van der Waals surface area contributed by atoms with Gasteiger partial charge < -0.3 is 19.5 Å². The van der Waals surface area contributed by atoms with Crippen molar-refractivity contribution in [3.05, 3.63) is 83.9 Å². The van der Waals surface area contributed by atoms with Crippen LogP contribution in [0.25, 0.3) is 0 Å². The van der Waals surface area contributed by atoms with Crippen LogP contribution in [0.1, 0.15) is 28.4 Å². The lowest BCUT2D eigenvalue weighted by molar-refractivity contribution is 0.0976. The number of para-hydroxylation sites is 1. The largest absolute Gasteiger partial charge is 0.497 e. The van der Waals surface area contributed by atoms with Gasteiger partial charge in [-0.15, -0.1) is 0 Å². The fourth-order valence-electron chi connectivity index (χ4n) is 3.14. The highest BCUT2D eigenvalue weighted by Gasteiger charge is 2.19. The van der Waals surface area contributed by atoms with Crippen molar-refractivity contribution in [3.63, 3.8) is 0 Å². The van der Waals surface area contributed by atoms with Crippen molar-refractivity contribution in [2.75, 3.05) is 26.6 Å². The maximum absolute atomic E-state index is 13.0. The molecule has 1 N–H and O–H groups in total. The van der Waals surface area contributed by atoms with Gasteiger partial charge in [-0.1, -0.05) is 24.3 Å². The summed E-state index contributed by atoms with van der Waals surface area (Å²) in [5.74, 6) is 2.04. The number of nitrogens with one attached hydrogen (secondary N) is 1. The summed E-state index contributed by atoms with van der Waals surface area (Å²) in [6.45, 7) is 0. The second-order valence-electron chi connectivity index (χ2n) is 6.53. The molecule has 3 aromatic carbocycles. The number of rotatable bonds is 9. The molecule has 0 aliphatic carbocycles. The first-order valence-electron chi connectivity index (χ1n) is 9.35. The number of anilines is 1. The van der Waals surface area contributed by atoms with E-state index in [0.717, 1.165) is 17.0 Å². The van der Waals surface area contributed by atoms with Crippen LogP contribution in [0.2, 0.25) is 0 Å². The summed E-state index contributed by atoms with van der Waals surface area (Å²) >= 11 is 0. The third-order valence-corrected chi connectivity index (χ3v) is 4.73. The number of methoxy groups -OCH3 is 3. The number of hydrogen-bond donors (Lipinski definition) is 1. The Bertz CT molecular complexity index is 939. The van der Waals surface area contributed by atoms with Gasteiger partial charge in [0.15, 0.2) is 17.3 Å². The number of Topliss-reactive ketones (excluding diaryl/α,β-unsaturated/α-hetero) is 1. The molecule has 0 spiro atoms. The first-order valence-corrected chi connectivity index (χ1v) is 9.35. The molecule has 1 unspecified atom stereocenters. The highest BCUT2D eigenvalue weighted by molar-refractivity contribution is 5.96. The van der Waals surface area contributed by atoms with Crippen molar-refractivity contribution in [2.24, 2.45) is 0 Å². The smallest absolute Gasteiger partial charge is 0.165 e. The Morgan fingerprint density at radius 1 is 0.828 bits per heavy atom. The maximum Gasteiger partial charge on any atom is 0.165 e. The molecule has 0 radical (unpaired) electrons. The van der Waals surface area contributed by atoms with Crippen LogP contribution in [0.5, 0.6) is 17.2 Å². The molecule has 3 aromatic rings. The van der Waals surface area contributed by atoms with Crippen LogP contribution >= 0.6 is 0 Å². The van der Waals surface area contributed by atoms with Gasteiger partial charge in [0.1, 0.15) is 5.75 Å². The van der Waals surface area contributed by atoms with Crippen LogP contribution in [-0.2, 0) is 0 Å². The standard InChI is InChI=1S/C24H25NO4/c1-27-20-12-9-17(10-13-20)22(26)16-21(25-19-7-5-4-6-8-19)18-11-14-23(28-2)24(15-18)29-3/h4-15,21,25H,16H2,1-3H3. The van der Waals surface area contributed by atoms with E-state index >= 15 is 0 Å². The molecule has 0 bridgehead atoms. The van der Waals surface area contributed by atoms with Crippen LogP contribution in [0.15, 0.2) is 72.8 Å². The molecule has 0 fully saturated rings. The molecule has 150 valence electrons. The minimum absolute atomic E-state index is 0.0378. The van der Waals surface area contributed by atoms with Crippen molar-refractivity contribution in [2.45, 2.75) is 12.5 Å². The quantitative estimate of drug-likeness (QED) is 0.512. The lowest BCUT2D eigenvalue weighted by atomic mass is 9.97. The zero-order chi connectivity index (χ0) is 20.6. The van der Waals surface area contributed by atoms with Gasteiger partial charge in [0.25, 0.3) is 0 Å². The molecule has 5 heteroatoms. The fraction of sp³-hybridized carbons (Fsp3) is 0.208. The number of carbonyl (C=O) groups excluding carboxylic acids is 1. The lowest BCUT2D eigenvalue weighted by Crippen LogP contribution is -2.16. The Kier molecular flexibility index (Phi) is 6.74. The first-order chi connectivity index (χ1) is 14.1. The summed E-state index contributed by atoms with van der Waals surface area (Å²) in [7, 11) is 4.81. The van der Waals surface area contributed by atoms with E-state index in [-0.39, 0.29) is 18.2 Å². The first kappa shape index (κ1) is 20.3. The van der Waals surface area contributed by atoms with Crippen molar-refractivity contribution < 1.29 is 19.0 Å². The topological polar surface area (TPSA) is 56.8 Å². The molecule has 0 aliphatic heterocycles. The Labute approximate surface area is 171 Å². The lowest BCUT2D eigenvalue weighted by Gasteiger charge is -2.21. The van der Waals surface area contributed by atoms with E-state index in [1.807, 2.05) is 48.5 Å². The monoisotopic (exact) mass is 391 g/mol. The van der Waals surface area contributed by atoms with E-state index in [9.17, 15) is 4.79 Å². The summed E-state index contributed by atoms with van der Waals surface area (Å²) in [4.78, 5) is 13.0. The van der Waals surface area contributed by atoms with Gasteiger partial charge in [-0.25, -0.2) is 0 Å². The molecule has 0 heterocycles. The van der Waals surface area contributed by atoms with Crippen molar-refractivity contribution in [1.82, 2.24) is 0 Å². The van der Waals surface area contributed by atoms with E-state index in [4.69, 9.17) is 14.2 Å². The average Bonchev–Trinajstić information content (AvgIpc) is 2.78. The number of hydrogen-bond acceptors (Lipinski definition) is 5. The van der Waals surface area contributed by atoms with E-state index in [1.54, 1.807) is 45.6 Å². The van der Waals surface area contributed by atoms with Gasteiger partial charge in [0.05, 0.1) is 27.4 Å². The minimum Gasteiger partial charge on any atom is -0.497 e. The van der Waals surface area contributed by atoms with Gasteiger partial charge in [0, 0.05) is 17.7 Å². The van der Waals surface area contributed by atoms with Crippen LogP contribution in [-0.4, -0.2) is 27.1 Å². The Morgan fingerprint density at radius 3 is 2.14 bits per heavy atom. The molecule has 0 aliphatic rings. The number of benzene rings is 3. The summed E-state index contributed by atoms with van der Waals surface area (Å²) in [5, 5.41) is 3.47. The highest BCUT2D eigenvalue weighted by atomic mass is 16.5. The normalized spacial score (nSPS) is 11.4. The van der Waals surface area contributed by atoms with Gasteiger partial charge in [0.2, 0.25) is 0 Å². The summed E-state index contributed by atoms with van der Waals surface area (Å²) in [5.41, 5.74) is 2.52. The molecule has 0 amide bonds. The summed E-state index contributed by atoms with van der Waals surface area (Å²) in [6, 6.07) is 22.5. The van der Waals surface area contributed by atoms with Crippen molar-refractivity contribution >= 4 is 11.5 Å². The van der Waals surface area contributed by atoms with E-state index < -0.39 is 0 Å². The molecule has 5 nitrogen and oxygen atoms in total. The summed E-state index contributed by atoms with van der Waals surface area (Å²) < 4.78 is 16.0. The SMILES string of the molecule is COc1ccc(C(=O)CC(Nc2ccccc2)c2ccc(OC)c(OC)c2)cc1. The second kappa shape index (κ2) is 9.64. The van der Waals surface area contributed by atoms with Gasteiger partial charge in [-0.05, 0) is 54.1 Å². The number of ether oxygens (including phenoxy) is 3. The van der Waals surface area contributed by atoms with Crippen LogP contribution in [0, 0.1) is 0 Å². The van der Waals surface area contributed by atoms with Crippen molar-refractivity contribution in [1.29, 1.82) is 0 Å². The molecular formula is C24H25NO4. The molecule has 0 saturated heterocycles. The molecular weight excluding hydrogens is 366 g/mol. The average molecular weight is 391 g/mol. The minimum atomic E-state index is -0.230. The molecule has 1 atom stereocenters. The van der Waals surface area contributed by atoms with Gasteiger partial charge >= 0.3 is 0 Å². The third-order valence-electron chi connectivity index (χ3n) is 4.73. The Hall–Kier alpha value is -3.47. The van der Waals surface area contributed by atoms with Crippen LogP contribution in [0.4, 0.5) is 5.69 Å². The van der Waals surface area contributed by atoms with Crippen LogP contribution < -0.4 is 19.5 Å². The summed E-state index contributed by atoms with van der Waals surface area (Å²) in [6.07, 6.45) is 0.288. The zero-order valence-electron chi connectivity index (χ0n) is 16.8. The van der Waals surface area contributed by atoms with Gasteiger partial charge in [-0.2, -0.15) is 0 Å². The maximum atomic E-state index is 13.0. The van der Waals surface area contributed by atoms with Crippen molar-refractivity contribution in [3.8, 4) is 17.2 Å².